The number of carboxylic acids is 1. The van der Waals surface area contributed by atoms with Crippen molar-refractivity contribution in [2.45, 2.75) is 0 Å². The molecule has 0 saturated heterocycles. The van der Waals surface area contributed by atoms with Crippen molar-refractivity contribution in [3.63, 3.8) is 0 Å². The quantitative estimate of drug-likeness (QED) is 0.703. The lowest BCUT2D eigenvalue weighted by Crippen LogP contribution is -2.02. The lowest BCUT2D eigenvalue weighted by Gasteiger charge is -1.97. The third-order valence-electron chi connectivity index (χ3n) is 1.58. The first kappa shape index (κ1) is 8.30. The van der Waals surface area contributed by atoms with E-state index in [0.717, 1.165) is 0 Å². The first-order valence-corrected chi connectivity index (χ1v) is 3.70. The molecule has 0 saturated carbocycles. The van der Waals surface area contributed by atoms with E-state index in [1.807, 2.05) is 0 Å². The molecule has 0 radical (unpaired) electrons. The third kappa shape index (κ3) is 1.42. The number of carboxylic acid groups (broad SMARTS) is 1. The molecule has 2 rings (SSSR count). The molecule has 0 aliphatic carbocycles. The van der Waals surface area contributed by atoms with Gasteiger partial charge in [0.2, 0.25) is 0 Å². The highest BCUT2D eigenvalue weighted by Gasteiger charge is 2.04. The zero-order valence-electron chi connectivity index (χ0n) is 6.90. The van der Waals surface area contributed by atoms with Crippen LogP contribution in [0.2, 0.25) is 0 Å². The molecule has 0 amide bonds. The van der Waals surface area contributed by atoms with Gasteiger partial charge in [0.15, 0.2) is 0 Å². The van der Waals surface area contributed by atoms with Crippen molar-refractivity contribution in [2.24, 2.45) is 0 Å². The van der Waals surface area contributed by atoms with Gasteiger partial charge in [-0.25, -0.2) is 9.78 Å². The fraction of sp³-hybridized carbons (Fsp3) is 0. The van der Waals surface area contributed by atoms with Gasteiger partial charge in [-0.3, -0.25) is 0 Å². The molecule has 0 aromatic carbocycles. The molecule has 0 bridgehead atoms. The van der Waals surface area contributed by atoms with Gasteiger partial charge in [0.25, 0.3) is 0 Å². The molecule has 2 heterocycles. The van der Waals surface area contributed by atoms with Gasteiger partial charge >= 0.3 is 5.97 Å². The van der Waals surface area contributed by atoms with Crippen molar-refractivity contribution >= 4 is 5.97 Å². The van der Waals surface area contributed by atoms with Crippen molar-refractivity contribution in [1.29, 1.82) is 0 Å². The molecule has 2 aromatic rings. The Balaban J connectivity index is 2.36. The summed E-state index contributed by atoms with van der Waals surface area (Å²) in [5.41, 5.74) is 0.599. The normalized spacial score (nSPS) is 10.0. The van der Waals surface area contributed by atoms with Gasteiger partial charge in [-0.05, 0) is 22.6 Å². The van der Waals surface area contributed by atoms with Crippen LogP contribution in [-0.4, -0.2) is 36.3 Å². The number of carbonyl (C=O) groups is 1. The maximum Gasteiger partial charge on any atom is 0.354 e. The third-order valence-corrected chi connectivity index (χ3v) is 1.58. The average molecular weight is 191 g/mol. The van der Waals surface area contributed by atoms with Crippen molar-refractivity contribution in [3.8, 4) is 5.69 Å². The molecule has 0 atom stereocenters. The number of tetrazole rings is 1. The fourth-order valence-corrected chi connectivity index (χ4v) is 0.928. The number of hydrogen-bond donors (Lipinski definition) is 1. The van der Waals surface area contributed by atoms with Crippen LogP contribution in [0.3, 0.4) is 0 Å². The zero-order chi connectivity index (χ0) is 9.97. The number of aromatic carboxylic acids is 1. The second kappa shape index (κ2) is 3.21. The van der Waals surface area contributed by atoms with E-state index >= 15 is 0 Å². The highest BCUT2D eigenvalue weighted by atomic mass is 16.4. The van der Waals surface area contributed by atoms with Crippen LogP contribution >= 0.6 is 0 Å². The molecule has 2 aromatic heterocycles. The summed E-state index contributed by atoms with van der Waals surface area (Å²) in [4.78, 5) is 14.2. The maximum atomic E-state index is 10.5. The van der Waals surface area contributed by atoms with Crippen LogP contribution < -0.4 is 0 Å². The largest absolute Gasteiger partial charge is 0.477 e. The molecule has 7 heteroatoms. The van der Waals surface area contributed by atoms with Gasteiger partial charge in [0.05, 0.1) is 11.9 Å². The summed E-state index contributed by atoms with van der Waals surface area (Å²) in [6.45, 7) is 0. The number of aromatic nitrogens is 5. The molecule has 1 N–H and O–H groups in total. The first-order valence-electron chi connectivity index (χ1n) is 3.70. The summed E-state index contributed by atoms with van der Waals surface area (Å²) < 4.78 is 1.39. The lowest BCUT2D eigenvalue weighted by atomic mass is 10.3. The van der Waals surface area contributed by atoms with Crippen LogP contribution in [0.15, 0.2) is 24.7 Å². The van der Waals surface area contributed by atoms with Gasteiger partial charge in [-0.2, -0.15) is 4.68 Å². The summed E-state index contributed by atoms with van der Waals surface area (Å²) in [6.07, 6.45) is 2.79. The predicted octanol–water partition coefficient (Wildman–Crippen LogP) is -0.244. The molecule has 0 aliphatic heterocycles. The minimum absolute atomic E-state index is 0.0122. The SMILES string of the molecule is O=C(O)c1ccc(-n2cnnn2)cn1. The molecule has 0 fully saturated rings. The highest BCUT2D eigenvalue weighted by molar-refractivity contribution is 5.85. The van der Waals surface area contributed by atoms with Crippen LogP contribution in [0, 0.1) is 0 Å². The monoisotopic (exact) mass is 191 g/mol. The Bertz CT molecular complexity index is 436. The first-order chi connectivity index (χ1) is 6.77. The predicted molar refractivity (Wildman–Crippen MR) is 43.9 cm³/mol. The summed E-state index contributed by atoms with van der Waals surface area (Å²) >= 11 is 0. The smallest absolute Gasteiger partial charge is 0.354 e. The number of nitrogens with zero attached hydrogens (tertiary/aromatic N) is 5. The topological polar surface area (TPSA) is 93.8 Å². The number of hydrogen-bond acceptors (Lipinski definition) is 5. The molecule has 0 unspecified atom stereocenters. The van der Waals surface area contributed by atoms with E-state index in [1.165, 1.54) is 23.3 Å². The average Bonchev–Trinajstić information content (AvgIpc) is 2.71. The Morgan fingerprint density at radius 2 is 2.29 bits per heavy atom. The van der Waals surface area contributed by atoms with Crippen LogP contribution in [0.25, 0.3) is 5.69 Å². The summed E-state index contributed by atoms with van der Waals surface area (Å²) in [5.74, 6) is -1.06. The Kier molecular flexibility index (Phi) is 1.90. The molecule has 0 aliphatic rings. The van der Waals surface area contributed by atoms with Crippen molar-refractivity contribution in [1.82, 2.24) is 25.2 Å². The van der Waals surface area contributed by atoms with Gasteiger partial charge in [-0.1, -0.05) is 0 Å². The standard InChI is InChI=1S/C7H5N5O2/c13-7(14)6-2-1-5(3-8-6)12-4-9-10-11-12/h1-4H,(H,13,14). The van der Waals surface area contributed by atoms with E-state index in [2.05, 4.69) is 20.5 Å². The van der Waals surface area contributed by atoms with E-state index in [0.29, 0.717) is 5.69 Å². The minimum atomic E-state index is -1.06. The Hall–Kier alpha value is -2.31. The van der Waals surface area contributed by atoms with Gasteiger partial charge in [0.1, 0.15) is 12.0 Å². The van der Waals surface area contributed by atoms with Crippen LogP contribution in [0.1, 0.15) is 10.5 Å². The second-order valence-corrected chi connectivity index (χ2v) is 2.46. The van der Waals surface area contributed by atoms with Gasteiger partial charge in [0, 0.05) is 0 Å². The van der Waals surface area contributed by atoms with Gasteiger partial charge < -0.3 is 5.11 Å². The summed E-state index contributed by atoms with van der Waals surface area (Å²) in [5, 5.41) is 19.1. The van der Waals surface area contributed by atoms with E-state index in [4.69, 9.17) is 5.11 Å². The Labute approximate surface area is 78.0 Å². The van der Waals surface area contributed by atoms with E-state index in [1.54, 1.807) is 6.07 Å². The van der Waals surface area contributed by atoms with E-state index in [-0.39, 0.29) is 5.69 Å². The van der Waals surface area contributed by atoms with Crippen LogP contribution in [0.5, 0.6) is 0 Å². The van der Waals surface area contributed by atoms with Crippen molar-refractivity contribution in [2.75, 3.05) is 0 Å². The summed E-state index contributed by atoms with van der Waals surface area (Å²) in [7, 11) is 0. The van der Waals surface area contributed by atoms with E-state index in [9.17, 15) is 4.79 Å². The Morgan fingerprint density at radius 3 is 2.79 bits per heavy atom. The number of rotatable bonds is 2. The molecular formula is C7H5N5O2. The lowest BCUT2D eigenvalue weighted by molar-refractivity contribution is 0.0690. The fourth-order valence-electron chi connectivity index (χ4n) is 0.928. The molecule has 14 heavy (non-hydrogen) atoms. The van der Waals surface area contributed by atoms with Gasteiger partial charge in [-0.15, -0.1) is 5.10 Å². The molecule has 7 nitrogen and oxygen atoms in total. The van der Waals surface area contributed by atoms with Crippen LogP contribution in [-0.2, 0) is 0 Å². The van der Waals surface area contributed by atoms with E-state index < -0.39 is 5.97 Å². The second-order valence-electron chi connectivity index (χ2n) is 2.46. The van der Waals surface area contributed by atoms with Crippen molar-refractivity contribution in [3.05, 3.63) is 30.4 Å². The molecular weight excluding hydrogens is 186 g/mol. The molecule has 70 valence electrons. The minimum Gasteiger partial charge on any atom is -0.477 e. The Morgan fingerprint density at radius 1 is 1.43 bits per heavy atom. The summed E-state index contributed by atoms with van der Waals surface area (Å²) in [6, 6.07) is 2.96. The maximum absolute atomic E-state index is 10.5. The number of pyridine rings is 1. The van der Waals surface area contributed by atoms with Crippen molar-refractivity contribution < 1.29 is 9.90 Å². The zero-order valence-corrected chi connectivity index (χ0v) is 6.90. The van der Waals surface area contributed by atoms with Crippen LogP contribution in [0.4, 0.5) is 0 Å². The molecule has 0 spiro atoms. The highest BCUT2D eigenvalue weighted by Crippen LogP contribution is 2.03.